The van der Waals surface area contributed by atoms with Gasteiger partial charge in [-0.1, -0.05) is 13.8 Å². The van der Waals surface area contributed by atoms with Crippen LogP contribution in [0.1, 0.15) is 40.5 Å². The van der Waals surface area contributed by atoms with E-state index in [1.807, 2.05) is 0 Å². The Morgan fingerprint density at radius 3 is 1.85 bits per heavy atom. The number of amides is 1. The first-order chi connectivity index (χ1) is 9.08. The normalized spacial score (nSPS) is 16.9. The Balaban J connectivity index is 5.65. The summed E-state index contributed by atoms with van der Waals surface area (Å²) in [5.74, 6) is -3.57. The Morgan fingerprint density at radius 1 is 1.10 bits per heavy atom. The maximum Gasteiger partial charge on any atom is 0.330 e. The standard InChI is InChI=1S/C12H21ClN2O5/c1-5-11(3,9(17)18)14-15(8(16)7-13)12(4,6-2)10(19)20/h14H,5-7H2,1-4H3,(H,17,18)(H,19,20)/t11-,12+/m0/s1. The van der Waals surface area contributed by atoms with Gasteiger partial charge in [0, 0.05) is 0 Å². The summed E-state index contributed by atoms with van der Waals surface area (Å²) < 4.78 is 0. The highest BCUT2D eigenvalue weighted by Gasteiger charge is 2.45. The summed E-state index contributed by atoms with van der Waals surface area (Å²) >= 11 is 5.49. The number of aliphatic carboxylic acids is 2. The van der Waals surface area contributed by atoms with Crippen molar-refractivity contribution < 1.29 is 24.6 Å². The second-order valence-corrected chi connectivity index (χ2v) is 5.17. The Labute approximate surface area is 122 Å². The number of carbonyl (C=O) groups is 3. The van der Waals surface area contributed by atoms with Crippen LogP contribution in [0.5, 0.6) is 0 Å². The number of rotatable bonds is 8. The van der Waals surface area contributed by atoms with Gasteiger partial charge in [-0.15, -0.1) is 11.6 Å². The minimum Gasteiger partial charge on any atom is -0.480 e. The zero-order valence-electron chi connectivity index (χ0n) is 12.1. The topological polar surface area (TPSA) is 107 Å². The zero-order valence-corrected chi connectivity index (χ0v) is 12.8. The van der Waals surface area contributed by atoms with Crippen molar-refractivity contribution in [3.8, 4) is 0 Å². The fourth-order valence-electron chi connectivity index (χ4n) is 1.45. The number of nitrogens with zero attached hydrogens (tertiary/aromatic N) is 1. The molecule has 0 rings (SSSR count). The first kappa shape index (κ1) is 18.7. The molecule has 0 unspecified atom stereocenters. The molecule has 0 saturated carbocycles. The van der Waals surface area contributed by atoms with Crippen LogP contribution in [0.25, 0.3) is 0 Å². The number of nitrogens with one attached hydrogen (secondary N) is 1. The molecular formula is C12H21ClN2O5. The average molecular weight is 309 g/mol. The number of alkyl halides is 1. The Bertz CT molecular complexity index is 403. The van der Waals surface area contributed by atoms with E-state index in [4.69, 9.17) is 11.6 Å². The van der Waals surface area contributed by atoms with Gasteiger partial charge in [-0.25, -0.2) is 10.2 Å². The number of carbonyl (C=O) groups excluding carboxylic acids is 1. The number of carboxylic acids is 2. The monoisotopic (exact) mass is 308 g/mol. The second kappa shape index (κ2) is 6.90. The molecule has 3 N–H and O–H groups in total. The highest BCUT2D eigenvalue weighted by Crippen LogP contribution is 2.22. The number of hydrogen-bond donors (Lipinski definition) is 3. The van der Waals surface area contributed by atoms with Crippen molar-refractivity contribution in [1.82, 2.24) is 10.4 Å². The number of hydrogen-bond acceptors (Lipinski definition) is 4. The largest absolute Gasteiger partial charge is 0.480 e. The van der Waals surface area contributed by atoms with Gasteiger partial charge >= 0.3 is 11.9 Å². The number of halogens is 1. The third-order valence-electron chi connectivity index (χ3n) is 3.54. The van der Waals surface area contributed by atoms with Crippen LogP contribution in [0.15, 0.2) is 0 Å². The molecule has 0 aliphatic heterocycles. The van der Waals surface area contributed by atoms with Crippen LogP contribution in [0.2, 0.25) is 0 Å². The van der Waals surface area contributed by atoms with E-state index >= 15 is 0 Å². The minimum absolute atomic E-state index is 0.0946. The van der Waals surface area contributed by atoms with E-state index in [-0.39, 0.29) is 12.8 Å². The average Bonchev–Trinajstić information content (AvgIpc) is 2.42. The fraction of sp³-hybridized carbons (Fsp3) is 0.750. The van der Waals surface area contributed by atoms with Crippen LogP contribution in [0, 0.1) is 0 Å². The van der Waals surface area contributed by atoms with Gasteiger partial charge < -0.3 is 10.2 Å². The molecule has 7 nitrogen and oxygen atoms in total. The predicted molar refractivity (Wildman–Crippen MR) is 73.4 cm³/mol. The molecule has 0 spiro atoms. The first-order valence-corrected chi connectivity index (χ1v) is 6.76. The lowest BCUT2D eigenvalue weighted by atomic mass is 9.96. The van der Waals surface area contributed by atoms with Gasteiger partial charge in [0.2, 0.25) is 0 Å². The third-order valence-corrected chi connectivity index (χ3v) is 3.77. The first-order valence-electron chi connectivity index (χ1n) is 6.22. The molecule has 0 fully saturated rings. The molecule has 8 heteroatoms. The van der Waals surface area contributed by atoms with Gasteiger partial charge in [0.05, 0.1) is 0 Å². The van der Waals surface area contributed by atoms with Crippen LogP contribution in [-0.4, -0.2) is 50.0 Å². The molecule has 1 amide bonds. The molecule has 0 radical (unpaired) electrons. The SMILES string of the molecule is CC[C@](C)(NN(C(=O)CCl)[C@](C)(CC)C(=O)O)C(=O)O. The van der Waals surface area contributed by atoms with Crippen LogP contribution < -0.4 is 5.43 Å². The van der Waals surface area contributed by atoms with Crippen LogP contribution in [0.3, 0.4) is 0 Å². The van der Waals surface area contributed by atoms with Crippen molar-refractivity contribution in [2.75, 3.05) is 5.88 Å². The fourth-order valence-corrected chi connectivity index (χ4v) is 1.57. The van der Waals surface area contributed by atoms with Gasteiger partial charge in [-0.3, -0.25) is 14.6 Å². The van der Waals surface area contributed by atoms with E-state index < -0.39 is 34.8 Å². The van der Waals surface area contributed by atoms with E-state index in [2.05, 4.69) is 5.43 Å². The van der Waals surface area contributed by atoms with Crippen molar-refractivity contribution in [1.29, 1.82) is 0 Å². The minimum atomic E-state index is -1.59. The van der Waals surface area contributed by atoms with Crippen molar-refractivity contribution in [3.63, 3.8) is 0 Å². The molecule has 0 aromatic heterocycles. The summed E-state index contributed by atoms with van der Waals surface area (Å²) in [4.78, 5) is 34.7. The third kappa shape index (κ3) is 3.61. The van der Waals surface area contributed by atoms with Gasteiger partial charge in [0.25, 0.3) is 5.91 Å². The number of hydrazine groups is 1. The molecule has 0 bridgehead atoms. The van der Waals surface area contributed by atoms with Crippen molar-refractivity contribution >= 4 is 29.4 Å². The highest BCUT2D eigenvalue weighted by atomic mass is 35.5. The highest BCUT2D eigenvalue weighted by molar-refractivity contribution is 6.27. The van der Waals surface area contributed by atoms with E-state index in [0.29, 0.717) is 0 Å². The van der Waals surface area contributed by atoms with E-state index in [1.54, 1.807) is 13.8 Å². The summed E-state index contributed by atoms with van der Waals surface area (Å²) in [5.41, 5.74) is -0.528. The molecule has 0 heterocycles. The maximum absolute atomic E-state index is 11.9. The summed E-state index contributed by atoms with van der Waals surface area (Å²) in [5, 5.41) is 19.4. The molecule has 0 aliphatic rings. The molecule has 2 atom stereocenters. The Hall–Kier alpha value is -1.34. The van der Waals surface area contributed by atoms with E-state index in [1.165, 1.54) is 13.8 Å². The van der Waals surface area contributed by atoms with Crippen LogP contribution in [-0.2, 0) is 14.4 Å². The molecule has 0 aliphatic carbocycles. The molecular weight excluding hydrogens is 288 g/mol. The van der Waals surface area contributed by atoms with Crippen molar-refractivity contribution in [2.24, 2.45) is 0 Å². The molecule has 20 heavy (non-hydrogen) atoms. The van der Waals surface area contributed by atoms with Gasteiger partial charge in [-0.05, 0) is 26.7 Å². The zero-order chi connectivity index (χ0) is 16.1. The van der Waals surface area contributed by atoms with Gasteiger partial charge in [0.15, 0.2) is 5.54 Å². The van der Waals surface area contributed by atoms with Crippen LogP contribution >= 0.6 is 11.6 Å². The summed E-state index contributed by atoms with van der Waals surface area (Å²) in [6, 6.07) is 0. The van der Waals surface area contributed by atoms with Gasteiger partial charge in [0.1, 0.15) is 11.4 Å². The Morgan fingerprint density at radius 2 is 1.60 bits per heavy atom. The summed E-state index contributed by atoms with van der Waals surface area (Å²) in [6.07, 6.45) is 0.255. The molecule has 0 aromatic carbocycles. The second-order valence-electron chi connectivity index (χ2n) is 4.90. The lowest BCUT2D eigenvalue weighted by molar-refractivity contribution is -0.168. The van der Waals surface area contributed by atoms with Crippen molar-refractivity contribution in [3.05, 3.63) is 0 Å². The van der Waals surface area contributed by atoms with Crippen molar-refractivity contribution in [2.45, 2.75) is 51.6 Å². The summed E-state index contributed by atoms with van der Waals surface area (Å²) in [7, 11) is 0. The number of carboxylic acid groups (broad SMARTS) is 2. The van der Waals surface area contributed by atoms with Gasteiger partial charge in [-0.2, -0.15) is 0 Å². The quantitative estimate of drug-likeness (QED) is 0.457. The lowest BCUT2D eigenvalue weighted by Crippen LogP contribution is -2.67. The molecule has 116 valence electrons. The smallest absolute Gasteiger partial charge is 0.330 e. The molecule has 0 saturated heterocycles. The van der Waals surface area contributed by atoms with Crippen LogP contribution in [0.4, 0.5) is 0 Å². The lowest BCUT2D eigenvalue weighted by Gasteiger charge is -2.41. The van der Waals surface area contributed by atoms with E-state index in [0.717, 1.165) is 5.01 Å². The maximum atomic E-state index is 11.9. The predicted octanol–water partition coefficient (Wildman–Crippen LogP) is 1.06. The Kier molecular flexibility index (Phi) is 6.43. The van der Waals surface area contributed by atoms with E-state index in [9.17, 15) is 24.6 Å². The summed E-state index contributed by atoms with van der Waals surface area (Å²) in [6.45, 7) is 5.93. The molecule has 0 aromatic rings.